The van der Waals surface area contributed by atoms with Gasteiger partial charge in [0.05, 0.1) is 11.4 Å². The fourth-order valence-corrected chi connectivity index (χ4v) is 2.14. The molecule has 0 saturated carbocycles. The van der Waals surface area contributed by atoms with E-state index in [4.69, 9.17) is 23.2 Å². The van der Waals surface area contributed by atoms with Crippen LogP contribution in [-0.4, -0.2) is 15.3 Å². The summed E-state index contributed by atoms with van der Waals surface area (Å²) < 4.78 is 0. The Morgan fingerprint density at radius 1 is 1.06 bits per heavy atom. The summed E-state index contributed by atoms with van der Waals surface area (Å²) in [5, 5.41) is 19.3. The van der Waals surface area contributed by atoms with Crippen molar-refractivity contribution in [3.05, 3.63) is 56.8 Å². The van der Waals surface area contributed by atoms with Crippen LogP contribution in [0, 0.1) is 13.8 Å². The van der Waals surface area contributed by atoms with Crippen molar-refractivity contribution in [2.75, 3.05) is 0 Å². The van der Waals surface area contributed by atoms with E-state index < -0.39 is 6.10 Å². The molecule has 1 aromatic heterocycles. The second kappa shape index (κ2) is 5.22. The lowest BCUT2D eigenvalue weighted by Gasteiger charge is -2.15. The second-order valence-corrected chi connectivity index (χ2v) is 4.94. The number of nitrogens with zero attached hydrogens (tertiary/aromatic N) is 2. The molecule has 1 heterocycles. The first-order valence-corrected chi connectivity index (χ1v) is 6.18. The lowest BCUT2D eigenvalue weighted by molar-refractivity contribution is 0.218. The third-order valence-electron chi connectivity index (χ3n) is 2.69. The Morgan fingerprint density at radius 2 is 1.78 bits per heavy atom. The van der Waals surface area contributed by atoms with Gasteiger partial charge in [-0.3, -0.25) is 0 Å². The first-order valence-electron chi connectivity index (χ1n) is 5.43. The van der Waals surface area contributed by atoms with Crippen molar-refractivity contribution in [1.82, 2.24) is 10.2 Å². The van der Waals surface area contributed by atoms with E-state index in [0.29, 0.717) is 26.9 Å². The second-order valence-electron chi connectivity index (χ2n) is 4.09. The zero-order valence-corrected chi connectivity index (χ0v) is 11.5. The van der Waals surface area contributed by atoms with E-state index >= 15 is 0 Å². The van der Waals surface area contributed by atoms with Crippen LogP contribution in [0.1, 0.15) is 28.6 Å². The molecule has 94 valence electrons. The fourth-order valence-electron chi connectivity index (χ4n) is 1.74. The highest BCUT2D eigenvalue weighted by Gasteiger charge is 2.17. The maximum Gasteiger partial charge on any atom is 0.107 e. The highest BCUT2D eigenvalue weighted by molar-refractivity contribution is 6.33. The molecule has 0 aliphatic heterocycles. The number of aryl methyl sites for hydroxylation is 2. The van der Waals surface area contributed by atoms with Crippen LogP contribution < -0.4 is 0 Å². The van der Waals surface area contributed by atoms with Gasteiger partial charge < -0.3 is 5.11 Å². The van der Waals surface area contributed by atoms with Gasteiger partial charge in [0.1, 0.15) is 6.10 Å². The van der Waals surface area contributed by atoms with Crippen molar-refractivity contribution in [2.24, 2.45) is 0 Å². The van der Waals surface area contributed by atoms with E-state index in [9.17, 15) is 5.11 Å². The molecular weight excluding hydrogens is 271 g/mol. The Balaban J connectivity index is 2.50. The summed E-state index contributed by atoms with van der Waals surface area (Å²) in [5.41, 5.74) is 2.67. The number of halogens is 2. The Labute approximate surface area is 115 Å². The Morgan fingerprint density at radius 3 is 2.50 bits per heavy atom. The Bertz CT molecular complexity index is 536. The molecule has 5 heteroatoms. The summed E-state index contributed by atoms with van der Waals surface area (Å²) in [7, 11) is 0. The average Bonchev–Trinajstić information content (AvgIpc) is 2.34. The van der Waals surface area contributed by atoms with Gasteiger partial charge in [-0.05, 0) is 38.1 Å². The fraction of sp³-hybridized carbons (Fsp3) is 0.231. The third kappa shape index (κ3) is 2.64. The molecule has 0 saturated heterocycles. The number of hydrogen-bond donors (Lipinski definition) is 1. The SMILES string of the molecule is Cc1cc(C(O)c2cc(Cl)ccc2Cl)c(C)nn1. The summed E-state index contributed by atoms with van der Waals surface area (Å²) in [4.78, 5) is 0. The predicted molar refractivity (Wildman–Crippen MR) is 72.0 cm³/mol. The molecule has 2 rings (SSSR count). The van der Waals surface area contributed by atoms with Crippen LogP contribution in [0.4, 0.5) is 0 Å². The van der Waals surface area contributed by atoms with Crippen LogP contribution in [0.5, 0.6) is 0 Å². The molecular formula is C13H12Cl2N2O. The zero-order chi connectivity index (χ0) is 13.3. The number of hydrogen-bond acceptors (Lipinski definition) is 3. The molecule has 0 aliphatic rings. The van der Waals surface area contributed by atoms with Crippen LogP contribution in [0.2, 0.25) is 10.0 Å². The normalized spacial score (nSPS) is 12.5. The molecule has 18 heavy (non-hydrogen) atoms. The molecule has 1 atom stereocenters. The topological polar surface area (TPSA) is 46.0 Å². The summed E-state index contributed by atoms with van der Waals surface area (Å²) in [6.07, 6.45) is -0.856. The summed E-state index contributed by atoms with van der Waals surface area (Å²) >= 11 is 12.0. The molecule has 1 aromatic carbocycles. The van der Waals surface area contributed by atoms with E-state index in [-0.39, 0.29) is 0 Å². The minimum absolute atomic E-state index is 0.473. The molecule has 2 aromatic rings. The van der Waals surface area contributed by atoms with Crippen LogP contribution in [0.3, 0.4) is 0 Å². The summed E-state index contributed by atoms with van der Waals surface area (Å²) in [5.74, 6) is 0. The van der Waals surface area contributed by atoms with Gasteiger partial charge >= 0.3 is 0 Å². The highest BCUT2D eigenvalue weighted by atomic mass is 35.5. The van der Waals surface area contributed by atoms with Gasteiger partial charge in [0.2, 0.25) is 0 Å². The van der Waals surface area contributed by atoms with E-state index in [1.54, 1.807) is 31.2 Å². The smallest absolute Gasteiger partial charge is 0.107 e. The van der Waals surface area contributed by atoms with Crippen LogP contribution in [0.25, 0.3) is 0 Å². The van der Waals surface area contributed by atoms with Gasteiger partial charge in [-0.2, -0.15) is 10.2 Å². The van der Waals surface area contributed by atoms with Crippen molar-refractivity contribution >= 4 is 23.2 Å². The number of rotatable bonds is 2. The monoisotopic (exact) mass is 282 g/mol. The molecule has 1 N–H and O–H groups in total. The van der Waals surface area contributed by atoms with Gasteiger partial charge in [0, 0.05) is 21.2 Å². The first kappa shape index (κ1) is 13.3. The van der Waals surface area contributed by atoms with E-state index in [0.717, 1.165) is 5.69 Å². The lowest BCUT2D eigenvalue weighted by atomic mass is 10.0. The molecule has 0 aliphatic carbocycles. The molecule has 0 spiro atoms. The van der Waals surface area contributed by atoms with Crippen molar-refractivity contribution in [2.45, 2.75) is 20.0 Å². The minimum Gasteiger partial charge on any atom is -0.384 e. The maximum atomic E-state index is 10.4. The molecule has 3 nitrogen and oxygen atoms in total. The summed E-state index contributed by atoms with van der Waals surface area (Å²) in [6.45, 7) is 3.62. The van der Waals surface area contributed by atoms with Crippen molar-refractivity contribution in [1.29, 1.82) is 0 Å². The van der Waals surface area contributed by atoms with Crippen molar-refractivity contribution in [3.63, 3.8) is 0 Å². The maximum absolute atomic E-state index is 10.4. The predicted octanol–water partition coefficient (Wildman–Crippen LogP) is 3.48. The molecule has 0 amide bonds. The number of aromatic nitrogens is 2. The minimum atomic E-state index is -0.856. The van der Waals surface area contributed by atoms with Crippen molar-refractivity contribution < 1.29 is 5.11 Å². The largest absolute Gasteiger partial charge is 0.384 e. The Hall–Kier alpha value is -1.16. The standard InChI is InChI=1S/C13H12Cl2N2O/c1-7-5-10(8(2)17-16-7)13(18)11-6-9(14)3-4-12(11)15/h3-6,13,18H,1-2H3. The van der Waals surface area contributed by atoms with Gasteiger partial charge in [-0.1, -0.05) is 23.2 Å². The number of aliphatic hydroxyl groups excluding tert-OH is 1. The number of benzene rings is 1. The van der Waals surface area contributed by atoms with Gasteiger partial charge in [-0.25, -0.2) is 0 Å². The number of aliphatic hydroxyl groups is 1. The van der Waals surface area contributed by atoms with Crippen molar-refractivity contribution in [3.8, 4) is 0 Å². The zero-order valence-electron chi connectivity index (χ0n) is 9.98. The average molecular weight is 283 g/mol. The molecule has 0 fully saturated rings. The van der Waals surface area contributed by atoms with Crippen LogP contribution in [0.15, 0.2) is 24.3 Å². The quantitative estimate of drug-likeness (QED) is 0.917. The van der Waals surface area contributed by atoms with Crippen LogP contribution in [-0.2, 0) is 0 Å². The van der Waals surface area contributed by atoms with Crippen LogP contribution >= 0.6 is 23.2 Å². The molecule has 0 bridgehead atoms. The first-order chi connectivity index (χ1) is 8.49. The van der Waals surface area contributed by atoms with Gasteiger partial charge in [-0.15, -0.1) is 0 Å². The van der Waals surface area contributed by atoms with Gasteiger partial charge in [0.15, 0.2) is 0 Å². The van der Waals surface area contributed by atoms with E-state index in [1.807, 2.05) is 6.92 Å². The van der Waals surface area contributed by atoms with E-state index in [2.05, 4.69) is 10.2 Å². The third-order valence-corrected chi connectivity index (χ3v) is 3.27. The van der Waals surface area contributed by atoms with E-state index in [1.165, 1.54) is 0 Å². The summed E-state index contributed by atoms with van der Waals surface area (Å²) in [6, 6.07) is 6.80. The molecule has 0 radical (unpaired) electrons. The lowest BCUT2D eigenvalue weighted by Crippen LogP contribution is -2.06. The Kier molecular flexibility index (Phi) is 3.85. The molecule has 1 unspecified atom stereocenters. The van der Waals surface area contributed by atoms with Gasteiger partial charge in [0.25, 0.3) is 0 Å². The highest BCUT2D eigenvalue weighted by Crippen LogP contribution is 2.31.